The molecule has 4 unspecified atom stereocenters. The average molecular weight is 308 g/mol. The maximum Gasteiger partial charge on any atom is -0.00180 e. The number of rotatable bonds is 3. The van der Waals surface area contributed by atoms with Crippen molar-refractivity contribution in [3.05, 3.63) is 0 Å². The third-order valence-corrected chi connectivity index (χ3v) is 6.48. The molecule has 0 aromatic carbocycles. The summed E-state index contributed by atoms with van der Waals surface area (Å²) in [6, 6.07) is 0. The molecule has 0 heterocycles. The Labute approximate surface area is 140 Å². The van der Waals surface area contributed by atoms with E-state index < -0.39 is 0 Å². The van der Waals surface area contributed by atoms with E-state index in [1.54, 1.807) is 6.42 Å². The highest BCUT2D eigenvalue weighted by molar-refractivity contribution is 4.79. The molecule has 22 heavy (non-hydrogen) atoms. The van der Waals surface area contributed by atoms with Crippen molar-refractivity contribution in [2.24, 2.45) is 23.7 Å². The highest BCUT2D eigenvalue weighted by Crippen LogP contribution is 2.37. The molecule has 2 fully saturated rings. The molecule has 2 aliphatic carbocycles. The monoisotopic (exact) mass is 307 g/mol. The molecule has 1 heteroatoms. The molecule has 2 aliphatic rings. The van der Waals surface area contributed by atoms with Crippen molar-refractivity contribution in [2.45, 2.75) is 97.3 Å². The van der Waals surface area contributed by atoms with E-state index in [4.69, 9.17) is 0 Å². The second-order valence-electron chi connectivity index (χ2n) is 8.39. The SMILES string of the molecule is CCNCC1CCCCC2CCCCCC(C)CCCC1C2. The van der Waals surface area contributed by atoms with Crippen molar-refractivity contribution in [3.63, 3.8) is 0 Å². The molecule has 2 rings (SSSR count). The standard InChI is InChI=1S/C21H41N/c1-3-22-17-21-14-8-7-13-19-12-6-4-5-10-18(2)11-9-15-20(21)16-19/h18-22H,3-17H2,1-2H3. The summed E-state index contributed by atoms with van der Waals surface area (Å²) in [6.07, 6.45) is 19.5. The Balaban J connectivity index is 1.96. The quantitative estimate of drug-likeness (QED) is 0.656. The first-order valence-corrected chi connectivity index (χ1v) is 10.5. The summed E-state index contributed by atoms with van der Waals surface area (Å²) in [4.78, 5) is 0. The number of hydrogen-bond acceptors (Lipinski definition) is 1. The normalized spacial score (nSPS) is 35.7. The fourth-order valence-corrected chi connectivity index (χ4v) is 5.00. The Kier molecular flexibility index (Phi) is 8.89. The van der Waals surface area contributed by atoms with Gasteiger partial charge in [-0.2, -0.15) is 0 Å². The van der Waals surface area contributed by atoms with E-state index >= 15 is 0 Å². The van der Waals surface area contributed by atoms with E-state index in [1.165, 1.54) is 83.6 Å². The van der Waals surface area contributed by atoms with Gasteiger partial charge in [0, 0.05) is 0 Å². The van der Waals surface area contributed by atoms with Crippen LogP contribution in [0.15, 0.2) is 0 Å². The molecular weight excluding hydrogens is 266 g/mol. The number of hydrogen-bond donors (Lipinski definition) is 1. The number of nitrogens with one attached hydrogen (secondary N) is 1. The van der Waals surface area contributed by atoms with Gasteiger partial charge in [0.1, 0.15) is 0 Å². The van der Waals surface area contributed by atoms with Gasteiger partial charge < -0.3 is 5.32 Å². The maximum atomic E-state index is 3.66. The van der Waals surface area contributed by atoms with Gasteiger partial charge in [-0.15, -0.1) is 0 Å². The second kappa shape index (κ2) is 10.7. The molecular formula is C21H41N. The van der Waals surface area contributed by atoms with E-state index in [9.17, 15) is 0 Å². The van der Waals surface area contributed by atoms with Gasteiger partial charge in [0.2, 0.25) is 0 Å². The van der Waals surface area contributed by atoms with Crippen molar-refractivity contribution >= 4 is 0 Å². The van der Waals surface area contributed by atoms with Crippen molar-refractivity contribution in [1.29, 1.82) is 0 Å². The molecule has 0 aromatic heterocycles. The Bertz CT molecular complexity index is 273. The van der Waals surface area contributed by atoms with Gasteiger partial charge in [-0.3, -0.25) is 0 Å². The summed E-state index contributed by atoms with van der Waals surface area (Å²) >= 11 is 0. The lowest BCUT2D eigenvalue weighted by molar-refractivity contribution is 0.185. The van der Waals surface area contributed by atoms with Gasteiger partial charge in [-0.25, -0.2) is 0 Å². The van der Waals surface area contributed by atoms with Gasteiger partial charge >= 0.3 is 0 Å². The van der Waals surface area contributed by atoms with Crippen LogP contribution in [0.5, 0.6) is 0 Å². The van der Waals surface area contributed by atoms with E-state index in [0.717, 1.165) is 30.2 Å². The van der Waals surface area contributed by atoms with Crippen LogP contribution in [0.1, 0.15) is 97.3 Å². The molecule has 0 amide bonds. The molecule has 0 aliphatic heterocycles. The number of fused-ring (bicyclic) bond motifs is 2. The van der Waals surface area contributed by atoms with Gasteiger partial charge in [-0.1, -0.05) is 84.5 Å². The Morgan fingerprint density at radius 1 is 0.773 bits per heavy atom. The summed E-state index contributed by atoms with van der Waals surface area (Å²) in [6.45, 7) is 7.17. The molecule has 130 valence electrons. The predicted molar refractivity (Wildman–Crippen MR) is 98.2 cm³/mol. The molecule has 0 spiro atoms. The largest absolute Gasteiger partial charge is 0.317 e. The Morgan fingerprint density at radius 3 is 2.27 bits per heavy atom. The average Bonchev–Trinajstić information content (AvgIpc) is 2.48. The Hall–Kier alpha value is -0.0400. The summed E-state index contributed by atoms with van der Waals surface area (Å²) in [5, 5.41) is 3.66. The van der Waals surface area contributed by atoms with Crippen LogP contribution in [0, 0.1) is 23.7 Å². The second-order valence-corrected chi connectivity index (χ2v) is 8.39. The third kappa shape index (κ3) is 6.60. The highest BCUT2D eigenvalue weighted by atomic mass is 14.8. The van der Waals surface area contributed by atoms with Crippen molar-refractivity contribution in [3.8, 4) is 0 Å². The van der Waals surface area contributed by atoms with Crippen LogP contribution < -0.4 is 5.32 Å². The first-order valence-electron chi connectivity index (χ1n) is 10.5. The van der Waals surface area contributed by atoms with Crippen LogP contribution in [-0.4, -0.2) is 13.1 Å². The fraction of sp³-hybridized carbons (Fsp3) is 1.00. The van der Waals surface area contributed by atoms with E-state index in [2.05, 4.69) is 19.2 Å². The van der Waals surface area contributed by atoms with Crippen LogP contribution in [-0.2, 0) is 0 Å². The van der Waals surface area contributed by atoms with E-state index in [-0.39, 0.29) is 0 Å². The molecule has 1 N–H and O–H groups in total. The highest BCUT2D eigenvalue weighted by Gasteiger charge is 2.26. The van der Waals surface area contributed by atoms with E-state index in [0.29, 0.717) is 0 Å². The smallest absolute Gasteiger partial charge is 0.00180 e. The molecule has 4 atom stereocenters. The van der Waals surface area contributed by atoms with Crippen LogP contribution >= 0.6 is 0 Å². The third-order valence-electron chi connectivity index (χ3n) is 6.48. The zero-order valence-corrected chi connectivity index (χ0v) is 15.4. The Morgan fingerprint density at radius 2 is 1.45 bits per heavy atom. The lowest BCUT2D eigenvalue weighted by atomic mass is 9.73. The van der Waals surface area contributed by atoms with E-state index in [1.807, 2.05) is 0 Å². The molecule has 2 saturated carbocycles. The maximum absolute atomic E-state index is 3.66. The fourth-order valence-electron chi connectivity index (χ4n) is 5.00. The van der Waals surface area contributed by atoms with Gasteiger partial charge in [0.05, 0.1) is 0 Å². The van der Waals surface area contributed by atoms with Crippen LogP contribution in [0.4, 0.5) is 0 Å². The first kappa shape index (κ1) is 18.3. The first-order chi connectivity index (χ1) is 10.8. The molecule has 2 bridgehead atoms. The van der Waals surface area contributed by atoms with Crippen LogP contribution in [0.25, 0.3) is 0 Å². The topological polar surface area (TPSA) is 12.0 Å². The molecule has 1 nitrogen and oxygen atoms in total. The molecule has 0 saturated heterocycles. The minimum absolute atomic E-state index is 0.959. The van der Waals surface area contributed by atoms with Crippen molar-refractivity contribution in [2.75, 3.05) is 13.1 Å². The van der Waals surface area contributed by atoms with Crippen LogP contribution in [0.3, 0.4) is 0 Å². The van der Waals surface area contributed by atoms with Crippen LogP contribution in [0.2, 0.25) is 0 Å². The lowest BCUT2D eigenvalue weighted by Crippen LogP contribution is -2.31. The zero-order chi connectivity index (χ0) is 15.6. The minimum Gasteiger partial charge on any atom is -0.317 e. The molecule has 0 radical (unpaired) electrons. The lowest BCUT2D eigenvalue weighted by Gasteiger charge is -2.34. The van der Waals surface area contributed by atoms with Gasteiger partial charge in [0.15, 0.2) is 0 Å². The van der Waals surface area contributed by atoms with Crippen molar-refractivity contribution < 1.29 is 0 Å². The summed E-state index contributed by atoms with van der Waals surface area (Å²) in [7, 11) is 0. The summed E-state index contributed by atoms with van der Waals surface area (Å²) < 4.78 is 0. The predicted octanol–water partition coefficient (Wildman–Crippen LogP) is 6.18. The van der Waals surface area contributed by atoms with Gasteiger partial charge in [-0.05, 0) is 49.6 Å². The van der Waals surface area contributed by atoms with Crippen molar-refractivity contribution in [1.82, 2.24) is 5.32 Å². The minimum atomic E-state index is 0.959. The van der Waals surface area contributed by atoms with Gasteiger partial charge in [0.25, 0.3) is 0 Å². The molecule has 0 aromatic rings. The summed E-state index contributed by atoms with van der Waals surface area (Å²) in [5.41, 5.74) is 0. The zero-order valence-electron chi connectivity index (χ0n) is 15.4. The summed E-state index contributed by atoms with van der Waals surface area (Å²) in [5.74, 6) is 3.99.